The van der Waals surface area contributed by atoms with Gasteiger partial charge in [-0.15, -0.1) is 0 Å². The van der Waals surface area contributed by atoms with E-state index in [-0.39, 0.29) is 0 Å². The van der Waals surface area contributed by atoms with Crippen LogP contribution in [0.2, 0.25) is 0 Å². The van der Waals surface area contributed by atoms with E-state index in [1.165, 1.54) is 32.4 Å². The van der Waals surface area contributed by atoms with Crippen molar-refractivity contribution in [1.29, 1.82) is 0 Å². The molecular weight excluding hydrogens is 160 g/mol. The Morgan fingerprint density at radius 1 is 1.38 bits per heavy atom. The largest absolute Gasteiger partial charge is 0.320 e. The molecule has 0 spiro atoms. The lowest BCUT2D eigenvalue weighted by Gasteiger charge is -2.36. The lowest BCUT2D eigenvalue weighted by molar-refractivity contribution is 0.128. The van der Waals surface area contributed by atoms with Gasteiger partial charge in [0.1, 0.15) is 0 Å². The molecule has 0 bridgehead atoms. The van der Waals surface area contributed by atoms with Crippen molar-refractivity contribution in [3.05, 3.63) is 0 Å². The molecule has 0 aromatic rings. The number of hydrogen-bond donors (Lipinski definition) is 1. The Balaban J connectivity index is 2.18. The molecule has 1 fully saturated rings. The van der Waals surface area contributed by atoms with E-state index >= 15 is 0 Å². The van der Waals surface area contributed by atoms with Crippen LogP contribution in [0.4, 0.5) is 0 Å². The van der Waals surface area contributed by atoms with Crippen LogP contribution in [0.3, 0.4) is 0 Å². The smallest absolute Gasteiger partial charge is 0.00694 e. The van der Waals surface area contributed by atoms with E-state index in [0.717, 1.165) is 18.5 Å². The number of hydrogen-bond acceptors (Lipinski definition) is 2. The van der Waals surface area contributed by atoms with E-state index in [0.29, 0.717) is 0 Å². The molecule has 2 unspecified atom stereocenters. The van der Waals surface area contributed by atoms with Crippen LogP contribution in [0.15, 0.2) is 0 Å². The van der Waals surface area contributed by atoms with Gasteiger partial charge in [-0.05, 0) is 58.8 Å². The Kier molecular flexibility index (Phi) is 4.74. The molecule has 0 radical (unpaired) electrons. The van der Waals surface area contributed by atoms with Crippen molar-refractivity contribution >= 4 is 0 Å². The molecule has 0 aliphatic carbocycles. The molecule has 2 heteroatoms. The third-order valence-corrected chi connectivity index (χ3v) is 3.15. The molecular formula is C11H24N2. The number of likely N-dealkylation sites (tertiary alicyclic amines) is 1. The summed E-state index contributed by atoms with van der Waals surface area (Å²) in [6.45, 7) is 8.48. The highest BCUT2D eigenvalue weighted by atomic mass is 15.2. The standard InChI is InChI=1S/C11H24N2/c1-10-5-8-13(11(2)9-10)7-4-6-12-3/h10-12H,4-9H2,1-3H3. The first kappa shape index (κ1) is 11.0. The van der Waals surface area contributed by atoms with Gasteiger partial charge in [0.25, 0.3) is 0 Å². The molecule has 0 amide bonds. The molecule has 1 saturated heterocycles. The second-order valence-electron chi connectivity index (χ2n) is 4.47. The molecule has 0 aromatic heterocycles. The summed E-state index contributed by atoms with van der Waals surface area (Å²) in [6.07, 6.45) is 4.07. The van der Waals surface area contributed by atoms with E-state index in [2.05, 4.69) is 24.1 Å². The Hall–Kier alpha value is -0.0800. The molecule has 0 aromatic carbocycles. The van der Waals surface area contributed by atoms with Gasteiger partial charge < -0.3 is 10.2 Å². The van der Waals surface area contributed by atoms with Crippen LogP contribution in [0, 0.1) is 5.92 Å². The average Bonchev–Trinajstić information content (AvgIpc) is 2.09. The summed E-state index contributed by atoms with van der Waals surface area (Å²) >= 11 is 0. The summed E-state index contributed by atoms with van der Waals surface area (Å²) in [5.41, 5.74) is 0. The monoisotopic (exact) mass is 184 g/mol. The van der Waals surface area contributed by atoms with Gasteiger partial charge >= 0.3 is 0 Å². The van der Waals surface area contributed by atoms with Crippen molar-refractivity contribution in [3.8, 4) is 0 Å². The number of nitrogens with zero attached hydrogens (tertiary/aromatic N) is 1. The molecule has 2 atom stereocenters. The minimum Gasteiger partial charge on any atom is -0.320 e. The van der Waals surface area contributed by atoms with Gasteiger partial charge in [0.15, 0.2) is 0 Å². The molecule has 2 nitrogen and oxygen atoms in total. The van der Waals surface area contributed by atoms with Gasteiger partial charge in [0.2, 0.25) is 0 Å². The maximum absolute atomic E-state index is 3.20. The first-order chi connectivity index (χ1) is 6.24. The molecule has 78 valence electrons. The highest BCUT2D eigenvalue weighted by molar-refractivity contribution is 4.76. The number of piperidine rings is 1. The molecule has 13 heavy (non-hydrogen) atoms. The second kappa shape index (κ2) is 5.61. The molecule has 1 rings (SSSR count). The Morgan fingerprint density at radius 2 is 2.15 bits per heavy atom. The second-order valence-corrected chi connectivity index (χ2v) is 4.47. The maximum atomic E-state index is 3.20. The van der Waals surface area contributed by atoms with Crippen LogP contribution < -0.4 is 5.32 Å². The zero-order valence-corrected chi connectivity index (χ0v) is 9.34. The topological polar surface area (TPSA) is 15.3 Å². The fourth-order valence-electron chi connectivity index (χ4n) is 2.25. The minimum absolute atomic E-state index is 0.806. The number of rotatable bonds is 4. The Morgan fingerprint density at radius 3 is 2.77 bits per heavy atom. The van der Waals surface area contributed by atoms with Crippen molar-refractivity contribution in [2.45, 2.75) is 39.2 Å². The lowest BCUT2D eigenvalue weighted by atomic mass is 9.93. The Labute approximate surface area is 82.7 Å². The summed E-state index contributed by atoms with van der Waals surface area (Å²) in [6, 6.07) is 0.806. The SMILES string of the molecule is CNCCCN1CCC(C)CC1C. The normalized spacial score (nSPS) is 30.7. The van der Waals surface area contributed by atoms with Crippen molar-refractivity contribution in [2.24, 2.45) is 5.92 Å². The molecule has 1 N–H and O–H groups in total. The van der Waals surface area contributed by atoms with Gasteiger partial charge in [-0.25, -0.2) is 0 Å². The average molecular weight is 184 g/mol. The fourth-order valence-corrected chi connectivity index (χ4v) is 2.25. The van der Waals surface area contributed by atoms with E-state index in [4.69, 9.17) is 0 Å². The van der Waals surface area contributed by atoms with E-state index in [1.54, 1.807) is 0 Å². The van der Waals surface area contributed by atoms with Crippen molar-refractivity contribution in [3.63, 3.8) is 0 Å². The zero-order valence-electron chi connectivity index (χ0n) is 9.34. The molecule has 1 aliphatic heterocycles. The third kappa shape index (κ3) is 3.65. The lowest BCUT2D eigenvalue weighted by Crippen LogP contribution is -2.41. The summed E-state index contributed by atoms with van der Waals surface area (Å²) < 4.78 is 0. The summed E-state index contributed by atoms with van der Waals surface area (Å²) in [7, 11) is 2.03. The van der Waals surface area contributed by atoms with Crippen molar-refractivity contribution in [1.82, 2.24) is 10.2 Å². The van der Waals surface area contributed by atoms with Crippen molar-refractivity contribution < 1.29 is 0 Å². The summed E-state index contributed by atoms with van der Waals surface area (Å²) in [4.78, 5) is 2.64. The van der Waals surface area contributed by atoms with Gasteiger partial charge in [0.05, 0.1) is 0 Å². The minimum atomic E-state index is 0.806. The van der Waals surface area contributed by atoms with E-state index in [1.807, 2.05) is 7.05 Å². The zero-order chi connectivity index (χ0) is 9.68. The Bertz CT molecular complexity index is 136. The first-order valence-electron chi connectivity index (χ1n) is 5.62. The molecule has 1 aliphatic rings. The van der Waals surface area contributed by atoms with E-state index in [9.17, 15) is 0 Å². The van der Waals surface area contributed by atoms with Crippen LogP contribution in [-0.4, -0.2) is 37.6 Å². The van der Waals surface area contributed by atoms with Crippen LogP contribution in [0.5, 0.6) is 0 Å². The quantitative estimate of drug-likeness (QED) is 0.669. The molecule has 0 saturated carbocycles. The highest BCUT2D eigenvalue weighted by Crippen LogP contribution is 2.21. The third-order valence-electron chi connectivity index (χ3n) is 3.15. The summed E-state index contributed by atoms with van der Waals surface area (Å²) in [5.74, 6) is 0.940. The van der Waals surface area contributed by atoms with Gasteiger partial charge in [0, 0.05) is 6.04 Å². The van der Waals surface area contributed by atoms with Crippen LogP contribution in [-0.2, 0) is 0 Å². The fraction of sp³-hybridized carbons (Fsp3) is 1.00. The highest BCUT2D eigenvalue weighted by Gasteiger charge is 2.21. The van der Waals surface area contributed by atoms with Crippen LogP contribution in [0.1, 0.15) is 33.1 Å². The van der Waals surface area contributed by atoms with Crippen molar-refractivity contribution in [2.75, 3.05) is 26.7 Å². The van der Waals surface area contributed by atoms with Gasteiger partial charge in [-0.1, -0.05) is 6.92 Å². The van der Waals surface area contributed by atoms with E-state index < -0.39 is 0 Å². The maximum Gasteiger partial charge on any atom is 0.00694 e. The van der Waals surface area contributed by atoms with Crippen LogP contribution >= 0.6 is 0 Å². The first-order valence-corrected chi connectivity index (χ1v) is 5.62. The van der Waals surface area contributed by atoms with Crippen LogP contribution in [0.25, 0.3) is 0 Å². The predicted molar refractivity (Wildman–Crippen MR) is 58.0 cm³/mol. The van der Waals surface area contributed by atoms with Gasteiger partial charge in [-0.2, -0.15) is 0 Å². The summed E-state index contributed by atoms with van der Waals surface area (Å²) in [5, 5.41) is 3.20. The van der Waals surface area contributed by atoms with Gasteiger partial charge in [-0.3, -0.25) is 0 Å². The number of nitrogens with one attached hydrogen (secondary N) is 1. The predicted octanol–water partition coefficient (Wildman–Crippen LogP) is 1.72. The molecule has 1 heterocycles.